The van der Waals surface area contributed by atoms with Gasteiger partial charge in [0.2, 0.25) is 0 Å². The number of nitrogens with one attached hydrogen (secondary N) is 1. The van der Waals surface area contributed by atoms with E-state index in [9.17, 15) is 4.39 Å². The minimum absolute atomic E-state index is 0.140. The molecule has 1 rings (SSSR count). The smallest absolute Gasteiger partial charge is 0.165 e. The molecule has 19 heavy (non-hydrogen) atoms. The SMILES string of the molecule is CCCOCCOc1ccc(C(C)NCC)cc1F. The molecular formula is C15H24FNO2. The number of hydrogen-bond acceptors (Lipinski definition) is 3. The van der Waals surface area contributed by atoms with Crippen LogP contribution in [0.1, 0.15) is 38.8 Å². The van der Waals surface area contributed by atoms with E-state index in [-0.39, 0.29) is 17.6 Å². The van der Waals surface area contributed by atoms with E-state index in [1.807, 2.05) is 26.8 Å². The Morgan fingerprint density at radius 1 is 1.21 bits per heavy atom. The van der Waals surface area contributed by atoms with Gasteiger partial charge in [-0.15, -0.1) is 0 Å². The Morgan fingerprint density at radius 3 is 2.63 bits per heavy atom. The molecule has 1 aromatic rings. The number of hydrogen-bond donors (Lipinski definition) is 1. The Bertz CT molecular complexity index is 371. The van der Waals surface area contributed by atoms with Crippen molar-refractivity contribution in [2.24, 2.45) is 0 Å². The summed E-state index contributed by atoms with van der Waals surface area (Å²) in [5.41, 5.74) is 0.925. The summed E-state index contributed by atoms with van der Waals surface area (Å²) in [7, 11) is 0. The molecule has 4 heteroatoms. The van der Waals surface area contributed by atoms with Gasteiger partial charge in [0.15, 0.2) is 11.6 Å². The first-order valence-electron chi connectivity index (χ1n) is 6.92. The van der Waals surface area contributed by atoms with Crippen molar-refractivity contribution in [2.45, 2.75) is 33.2 Å². The maximum absolute atomic E-state index is 13.8. The van der Waals surface area contributed by atoms with Crippen molar-refractivity contribution in [3.8, 4) is 5.75 Å². The molecule has 0 radical (unpaired) electrons. The molecule has 1 unspecified atom stereocenters. The van der Waals surface area contributed by atoms with Crippen LogP contribution in [0.2, 0.25) is 0 Å². The van der Waals surface area contributed by atoms with E-state index >= 15 is 0 Å². The summed E-state index contributed by atoms with van der Waals surface area (Å²) >= 11 is 0. The topological polar surface area (TPSA) is 30.5 Å². The van der Waals surface area contributed by atoms with E-state index < -0.39 is 0 Å². The Morgan fingerprint density at radius 2 is 2.00 bits per heavy atom. The molecule has 1 N–H and O–H groups in total. The van der Waals surface area contributed by atoms with Crippen LogP contribution in [0.3, 0.4) is 0 Å². The molecule has 0 aliphatic rings. The van der Waals surface area contributed by atoms with Crippen LogP contribution in [0.15, 0.2) is 18.2 Å². The highest BCUT2D eigenvalue weighted by Crippen LogP contribution is 2.22. The minimum atomic E-state index is -0.322. The zero-order valence-corrected chi connectivity index (χ0v) is 12.0. The van der Waals surface area contributed by atoms with Crippen LogP contribution in [0.25, 0.3) is 0 Å². The van der Waals surface area contributed by atoms with Gasteiger partial charge in [-0.25, -0.2) is 4.39 Å². The number of rotatable bonds is 9. The van der Waals surface area contributed by atoms with Crippen LogP contribution in [-0.2, 0) is 4.74 Å². The molecule has 0 amide bonds. The van der Waals surface area contributed by atoms with E-state index in [2.05, 4.69) is 5.32 Å². The lowest BCUT2D eigenvalue weighted by atomic mass is 10.1. The van der Waals surface area contributed by atoms with Gasteiger partial charge < -0.3 is 14.8 Å². The number of halogens is 1. The van der Waals surface area contributed by atoms with Crippen LogP contribution >= 0.6 is 0 Å². The monoisotopic (exact) mass is 269 g/mol. The van der Waals surface area contributed by atoms with Crippen molar-refractivity contribution in [3.05, 3.63) is 29.6 Å². The molecule has 0 heterocycles. The Balaban J connectivity index is 2.47. The highest BCUT2D eigenvalue weighted by Gasteiger charge is 2.09. The van der Waals surface area contributed by atoms with Crippen molar-refractivity contribution in [1.82, 2.24) is 5.32 Å². The third kappa shape index (κ3) is 5.57. The van der Waals surface area contributed by atoms with Crippen molar-refractivity contribution in [2.75, 3.05) is 26.4 Å². The lowest BCUT2D eigenvalue weighted by Gasteiger charge is -2.14. The Kier molecular flexibility index (Phi) is 7.45. The normalized spacial score (nSPS) is 12.4. The summed E-state index contributed by atoms with van der Waals surface area (Å²) in [5, 5.41) is 3.25. The fourth-order valence-electron chi connectivity index (χ4n) is 1.78. The van der Waals surface area contributed by atoms with Gasteiger partial charge in [-0.3, -0.25) is 0 Å². The van der Waals surface area contributed by atoms with E-state index in [1.54, 1.807) is 6.07 Å². The van der Waals surface area contributed by atoms with Crippen molar-refractivity contribution < 1.29 is 13.9 Å². The average Bonchev–Trinajstić information content (AvgIpc) is 2.40. The van der Waals surface area contributed by atoms with E-state index in [0.29, 0.717) is 19.8 Å². The summed E-state index contributed by atoms with van der Waals surface area (Å²) in [4.78, 5) is 0. The van der Waals surface area contributed by atoms with Gasteiger partial charge in [-0.1, -0.05) is 19.9 Å². The fraction of sp³-hybridized carbons (Fsp3) is 0.600. The second-order valence-corrected chi connectivity index (χ2v) is 4.43. The van der Waals surface area contributed by atoms with E-state index in [4.69, 9.17) is 9.47 Å². The summed E-state index contributed by atoms with van der Waals surface area (Å²) in [5.74, 6) is -0.0368. The maximum Gasteiger partial charge on any atom is 0.165 e. The van der Waals surface area contributed by atoms with Crippen LogP contribution in [-0.4, -0.2) is 26.4 Å². The number of ether oxygens (including phenoxy) is 2. The number of benzene rings is 1. The molecular weight excluding hydrogens is 245 g/mol. The first kappa shape index (κ1) is 15.9. The second-order valence-electron chi connectivity index (χ2n) is 4.43. The summed E-state index contributed by atoms with van der Waals surface area (Å²) in [6.45, 7) is 8.52. The van der Waals surface area contributed by atoms with Gasteiger partial charge in [-0.2, -0.15) is 0 Å². The molecule has 108 valence electrons. The van der Waals surface area contributed by atoms with Crippen LogP contribution < -0.4 is 10.1 Å². The lowest BCUT2D eigenvalue weighted by Crippen LogP contribution is -2.17. The molecule has 3 nitrogen and oxygen atoms in total. The highest BCUT2D eigenvalue weighted by atomic mass is 19.1. The molecule has 0 aromatic heterocycles. The summed E-state index contributed by atoms with van der Waals surface area (Å²) in [6, 6.07) is 5.23. The van der Waals surface area contributed by atoms with Gasteiger partial charge >= 0.3 is 0 Å². The van der Waals surface area contributed by atoms with Crippen LogP contribution in [0, 0.1) is 5.82 Å². The summed E-state index contributed by atoms with van der Waals surface area (Å²) < 4.78 is 24.5. The first-order valence-corrected chi connectivity index (χ1v) is 6.92. The average molecular weight is 269 g/mol. The fourth-order valence-corrected chi connectivity index (χ4v) is 1.78. The van der Waals surface area contributed by atoms with Crippen molar-refractivity contribution in [3.63, 3.8) is 0 Å². The molecule has 0 aliphatic carbocycles. The summed E-state index contributed by atoms with van der Waals surface area (Å²) in [6.07, 6.45) is 0.978. The van der Waals surface area contributed by atoms with Crippen molar-refractivity contribution >= 4 is 0 Å². The molecule has 0 spiro atoms. The molecule has 1 aromatic carbocycles. The largest absolute Gasteiger partial charge is 0.488 e. The zero-order valence-electron chi connectivity index (χ0n) is 12.0. The quantitative estimate of drug-likeness (QED) is 0.698. The minimum Gasteiger partial charge on any atom is -0.488 e. The molecule has 0 fully saturated rings. The lowest BCUT2D eigenvalue weighted by molar-refractivity contribution is 0.0991. The van der Waals surface area contributed by atoms with Gasteiger partial charge in [0, 0.05) is 12.6 Å². The highest BCUT2D eigenvalue weighted by molar-refractivity contribution is 5.30. The predicted octanol–water partition coefficient (Wildman–Crippen LogP) is 3.30. The predicted molar refractivity (Wildman–Crippen MR) is 75.1 cm³/mol. The van der Waals surface area contributed by atoms with Crippen LogP contribution in [0.4, 0.5) is 4.39 Å². The zero-order chi connectivity index (χ0) is 14.1. The molecule has 0 saturated heterocycles. The maximum atomic E-state index is 13.8. The van der Waals surface area contributed by atoms with Gasteiger partial charge in [-0.05, 0) is 37.6 Å². The van der Waals surface area contributed by atoms with Crippen LogP contribution in [0.5, 0.6) is 5.75 Å². The third-order valence-electron chi connectivity index (χ3n) is 2.80. The second kappa shape index (κ2) is 8.88. The van der Waals surface area contributed by atoms with Gasteiger partial charge in [0.1, 0.15) is 6.61 Å². The molecule has 1 atom stereocenters. The van der Waals surface area contributed by atoms with E-state index in [0.717, 1.165) is 18.5 Å². The van der Waals surface area contributed by atoms with E-state index in [1.165, 1.54) is 6.07 Å². The standard InChI is InChI=1S/C15H24FNO2/c1-4-8-18-9-10-19-15-7-6-13(11-14(15)16)12(3)17-5-2/h6-7,11-12,17H,4-5,8-10H2,1-3H3. The molecule has 0 aliphatic heterocycles. The van der Waals surface area contributed by atoms with Gasteiger partial charge in [0.25, 0.3) is 0 Å². The van der Waals surface area contributed by atoms with Crippen molar-refractivity contribution in [1.29, 1.82) is 0 Å². The first-order chi connectivity index (χ1) is 9.19. The third-order valence-corrected chi connectivity index (χ3v) is 2.80. The molecule has 0 saturated carbocycles. The van der Waals surface area contributed by atoms with Gasteiger partial charge in [0.05, 0.1) is 6.61 Å². The molecule has 0 bridgehead atoms. The Labute approximate surface area is 115 Å². The Hall–Kier alpha value is -1.13.